The Labute approximate surface area is 85.7 Å². The van der Waals surface area contributed by atoms with E-state index < -0.39 is 7.32 Å². The van der Waals surface area contributed by atoms with E-state index in [9.17, 15) is 0 Å². The van der Waals surface area contributed by atoms with Crippen LogP contribution in [0.15, 0.2) is 30.3 Å². The van der Waals surface area contributed by atoms with E-state index in [0.29, 0.717) is 5.75 Å². The van der Waals surface area contributed by atoms with E-state index in [0.717, 1.165) is 0 Å². The average Bonchev–Trinajstić information content (AvgIpc) is 1.88. The minimum absolute atomic E-state index is 0. The largest absolute Gasteiger partial charge is 0.707 e. The van der Waals surface area contributed by atoms with Crippen molar-refractivity contribution in [1.29, 1.82) is 0 Å². The first-order valence-electron chi connectivity index (χ1n) is 2.87. The van der Waals surface area contributed by atoms with Crippen molar-refractivity contribution < 1.29 is 42.4 Å². The molecule has 0 aliphatic rings. The molecule has 0 spiro atoms. The van der Waals surface area contributed by atoms with Crippen molar-refractivity contribution in [1.82, 2.24) is 0 Å². The van der Waals surface area contributed by atoms with Gasteiger partial charge in [0.25, 0.3) is 0 Å². The fraction of sp³-hybridized carbons (Fsp3) is 0. The molecule has 0 aliphatic heterocycles. The summed E-state index contributed by atoms with van der Waals surface area (Å²) in [5.74, 6) is 0.442. The third-order valence-electron chi connectivity index (χ3n) is 0.985. The van der Waals surface area contributed by atoms with E-state index in [1.54, 1.807) is 24.3 Å². The summed E-state index contributed by atoms with van der Waals surface area (Å²) in [4.78, 5) is 0. The van der Waals surface area contributed by atoms with Gasteiger partial charge in [0, 0.05) is 27.7 Å². The standard InChI is InChI=1S/C6H7BO3.Hg/c8-7(9)10-6-4-2-1-3-5-6;/h1-5,8-9H;. The van der Waals surface area contributed by atoms with E-state index in [2.05, 4.69) is 4.65 Å². The van der Waals surface area contributed by atoms with Crippen molar-refractivity contribution in [3.8, 4) is 5.75 Å². The zero-order chi connectivity index (χ0) is 7.40. The molecule has 0 heterocycles. The van der Waals surface area contributed by atoms with Gasteiger partial charge in [-0.1, -0.05) is 18.2 Å². The predicted octanol–water partition coefficient (Wildman–Crippen LogP) is 0.0324. The van der Waals surface area contributed by atoms with Crippen LogP contribution in [-0.2, 0) is 27.7 Å². The van der Waals surface area contributed by atoms with Crippen molar-refractivity contribution in [3.63, 3.8) is 0 Å². The molecule has 3 nitrogen and oxygen atoms in total. The molecule has 0 saturated heterocycles. The second-order valence-electron chi connectivity index (χ2n) is 1.76. The second kappa shape index (κ2) is 5.57. The molecule has 0 atom stereocenters. The minimum atomic E-state index is -1.73. The molecule has 0 fully saturated rings. The first-order chi connectivity index (χ1) is 4.79. The van der Waals surface area contributed by atoms with Crippen molar-refractivity contribution in [2.75, 3.05) is 0 Å². The van der Waals surface area contributed by atoms with Crippen LogP contribution in [0.4, 0.5) is 0 Å². The molecular formula is C6H7BHgO3. The molecule has 1 rings (SSSR count). The zero-order valence-corrected chi connectivity index (χ0v) is 11.5. The molecule has 11 heavy (non-hydrogen) atoms. The maximum Gasteiger partial charge on any atom is 0.707 e. The van der Waals surface area contributed by atoms with E-state index in [1.165, 1.54) is 0 Å². The maximum atomic E-state index is 8.34. The monoisotopic (exact) mass is 340 g/mol. The third-order valence-corrected chi connectivity index (χ3v) is 0.985. The summed E-state index contributed by atoms with van der Waals surface area (Å²) in [5, 5.41) is 16.7. The van der Waals surface area contributed by atoms with Crippen LogP contribution >= 0.6 is 0 Å². The van der Waals surface area contributed by atoms with Crippen molar-refractivity contribution in [2.45, 2.75) is 0 Å². The summed E-state index contributed by atoms with van der Waals surface area (Å²) in [6.07, 6.45) is 0. The number of benzene rings is 1. The van der Waals surface area contributed by atoms with Crippen LogP contribution in [-0.4, -0.2) is 17.4 Å². The van der Waals surface area contributed by atoms with E-state index in [4.69, 9.17) is 10.0 Å². The first kappa shape index (κ1) is 10.9. The van der Waals surface area contributed by atoms with E-state index >= 15 is 0 Å². The molecule has 0 aromatic heterocycles. The molecule has 0 radical (unpaired) electrons. The molecule has 54 valence electrons. The van der Waals surface area contributed by atoms with Crippen molar-refractivity contribution >= 4 is 7.32 Å². The van der Waals surface area contributed by atoms with Gasteiger partial charge in [-0.25, -0.2) is 0 Å². The number of para-hydroxylation sites is 1. The Balaban J connectivity index is 0.000001000. The van der Waals surface area contributed by atoms with Crippen molar-refractivity contribution in [2.24, 2.45) is 0 Å². The average molecular weight is 339 g/mol. The molecule has 0 amide bonds. The van der Waals surface area contributed by atoms with Crippen molar-refractivity contribution in [3.05, 3.63) is 30.3 Å². The first-order valence-corrected chi connectivity index (χ1v) is 2.87. The maximum absolute atomic E-state index is 8.34. The third kappa shape index (κ3) is 4.40. The predicted molar refractivity (Wildman–Crippen MR) is 37.3 cm³/mol. The fourth-order valence-electron chi connectivity index (χ4n) is 0.621. The molecule has 0 aliphatic carbocycles. The molecular weight excluding hydrogens is 331 g/mol. The van der Waals surface area contributed by atoms with Crippen LogP contribution in [0, 0.1) is 0 Å². The molecule has 5 heteroatoms. The Hall–Kier alpha value is -0.0600. The van der Waals surface area contributed by atoms with Crippen LogP contribution in [0.3, 0.4) is 0 Å². The van der Waals surface area contributed by atoms with Crippen LogP contribution in [0.25, 0.3) is 0 Å². The number of hydrogen-bond donors (Lipinski definition) is 2. The molecule has 0 unspecified atom stereocenters. The summed E-state index contributed by atoms with van der Waals surface area (Å²) in [5.41, 5.74) is 0. The minimum Gasteiger partial charge on any atom is -0.512 e. The van der Waals surface area contributed by atoms with Gasteiger partial charge in [-0.2, -0.15) is 0 Å². The quantitative estimate of drug-likeness (QED) is 0.748. The van der Waals surface area contributed by atoms with Gasteiger partial charge in [-0.05, 0) is 12.1 Å². The smallest absolute Gasteiger partial charge is 0.512 e. The normalized spacial score (nSPS) is 8.18. The topological polar surface area (TPSA) is 49.7 Å². The SMILES string of the molecule is OB(O)Oc1ccccc1.[Hg]. The Kier molecular flexibility index (Phi) is 5.54. The van der Waals surface area contributed by atoms with Gasteiger partial charge < -0.3 is 14.7 Å². The number of hydrogen-bond acceptors (Lipinski definition) is 3. The fourth-order valence-corrected chi connectivity index (χ4v) is 0.621. The van der Waals surface area contributed by atoms with Crippen LogP contribution < -0.4 is 4.65 Å². The molecule has 2 N–H and O–H groups in total. The summed E-state index contributed by atoms with van der Waals surface area (Å²) < 4.78 is 4.53. The Morgan fingerprint density at radius 3 is 2.09 bits per heavy atom. The summed E-state index contributed by atoms with van der Waals surface area (Å²) in [6, 6.07) is 8.59. The molecule has 0 saturated carbocycles. The van der Waals surface area contributed by atoms with Gasteiger partial charge in [0.05, 0.1) is 0 Å². The van der Waals surface area contributed by atoms with Gasteiger partial charge >= 0.3 is 7.32 Å². The molecule has 1 aromatic rings. The van der Waals surface area contributed by atoms with Crippen LogP contribution in [0.2, 0.25) is 0 Å². The van der Waals surface area contributed by atoms with E-state index in [-0.39, 0.29) is 27.7 Å². The van der Waals surface area contributed by atoms with Crippen LogP contribution in [0.5, 0.6) is 5.75 Å². The zero-order valence-electron chi connectivity index (χ0n) is 5.97. The Bertz CT molecular complexity index is 192. The van der Waals surface area contributed by atoms with Crippen LogP contribution in [0.1, 0.15) is 0 Å². The van der Waals surface area contributed by atoms with E-state index in [1.807, 2.05) is 6.07 Å². The number of rotatable bonds is 2. The van der Waals surface area contributed by atoms with Gasteiger partial charge in [0.2, 0.25) is 0 Å². The Morgan fingerprint density at radius 1 is 1.09 bits per heavy atom. The summed E-state index contributed by atoms with van der Waals surface area (Å²) in [7, 11) is -1.73. The van der Waals surface area contributed by atoms with Gasteiger partial charge in [0.1, 0.15) is 5.75 Å². The van der Waals surface area contributed by atoms with Gasteiger partial charge in [-0.15, -0.1) is 0 Å². The summed E-state index contributed by atoms with van der Waals surface area (Å²) >= 11 is 0. The Morgan fingerprint density at radius 2 is 1.64 bits per heavy atom. The summed E-state index contributed by atoms with van der Waals surface area (Å²) in [6.45, 7) is 0. The van der Waals surface area contributed by atoms with Gasteiger partial charge in [0.15, 0.2) is 0 Å². The van der Waals surface area contributed by atoms with Gasteiger partial charge in [-0.3, -0.25) is 0 Å². The molecule has 0 bridgehead atoms. The second-order valence-corrected chi connectivity index (χ2v) is 1.76. The molecule has 1 aromatic carbocycles.